The summed E-state index contributed by atoms with van der Waals surface area (Å²) >= 11 is 1.76. The van der Waals surface area contributed by atoms with Gasteiger partial charge in [-0.25, -0.2) is 9.98 Å². The minimum absolute atomic E-state index is 0. The van der Waals surface area contributed by atoms with E-state index in [1.807, 2.05) is 6.20 Å². The molecule has 1 aromatic carbocycles. The fraction of sp³-hybridized carbons (Fsp3) is 0.524. The fourth-order valence-electron chi connectivity index (χ4n) is 2.80. The average molecular weight is 516 g/mol. The molecule has 1 heterocycles. The molecule has 0 unspecified atom stereocenters. The van der Waals surface area contributed by atoms with Gasteiger partial charge in [-0.2, -0.15) is 0 Å². The first kappa shape index (κ1) is 24.8. The number of nitrogens with one attached hydrogen (secondary N) is 2. The average Bonchev–Trinajstić information content (AvgIpc) is 3.16. The van der Waals surface area contributed by atoms with Crippen LogP contribution in [-0.2, 0) is 26.1 Å². The number of hydrogen-bond acceptors (Lipinski definition) is 4. The van der Waals surface area contributed by atoms with Gasteiger partial charge in [-0.3, -0.25) is 4.90 Å². The molecule has 1 aromatic heterocycles. The van der Waals surface area contributed by atoms with E-state index in [4.69, 9.17) is 4.99 Å². The van der Waals surface area contributed by atoms with Gasteiger partial charge < -0.3 is 10.6 Å². The van der Waals surface area contributed by atoms with Gasteiger partial charge in [0, 0.05) is 24.2 Å². The number of nitrogens with zero attached hydrogens (tertiary/aromatic N) is 3. The summed E-state index contributed by atoms with van der Waals surface area (Å²) < 4.78 is 0. The van der Waals surface area contributed by atoms with E-state index < -0.39 is 0 Å². The lowest BCUT2D eigenvalue weighted by Crippen LogP contribution is -2.36. The summed E-state index contributed by atoms with van der Waals surface area (Å²) in [5, 5.41) is 7.80. The second kappa shape index (κ2) is 13.9. The van der Waals surface area contributed by atoms with Crippen molar-refractivity contribution in [3.63, 3.8) is 0 Å². The van der Waals surface area contributed by atoms with Crippen LogP contribution in [0.5, 0.6) is 0 Å². The number of rotatable bonds is 10. The Balaban J connectivity index is 0.00000392. The molecule has 156 valence electrons. The number of benzene rings is 1. The Morgan fingerprint density at radius 2 is 1.86 bits per heavy atom. The van der Waals surface area contributed by atoms with Crippen LogP contribution in [0.15, 0.2) is 35.5 Å². The van der Waals surface area contributed by atoms with Crippen LogP contribution in [0.4, 0.5) is 0 Å². The van der Waals surface area contributed by atoms with E-state index in [2.05, 4.69) is 72.5 Å². The number of thiazole rings is 1. The van der Waals surface area contributed by atoms with Crippen molar-refractivity contribution in [2.45, 2.75) is 53.8 Å². The molecular weight excluding hydrogens is 481 g/mol. The molecule has 0 aliphatic carbocycles. The molecule has 0 saturated carbocycles. The Kier molecular flexibility index (Phi) is 12.3. The zero-order chi connectivity index (χ0) is 19.5. The lowest BCUT2D eigenvalue weighted by atomic mass is 10.1. The summed E-state index contributed by atoms with van der Waals surface area (Å²) in [6.07, 6.45) is 3.00. The monoisotopic (exact) mass is 515 g/mol. The Hall–Kier alpha value is -1.19. The minimum atomic E-state index is 0. The van der Waals surface area contributed by atoms with E-state index in [1.165, 1.54) is 16.0 Å². The molecule has 2 rings (SSSR count). The summed E-state index contributed by atoms with van der Waals surface area (Å²) in [4.78, 5) is 12.9. The Labute approximate surface area is 191 Å². The zero-order valence-electron chi connectivity index (χ0n) is 17.5. The third-order valence-corrected chi connectivity index (χ3v) is 5.55. The molecule has 0 saturated heterocycles. The highest BCUT2D eigenvalue weighted by Crippen LogP contribution is 2.13. The topological polar surface area (TPSA) is 52.6 Å². The van der Waals surface area contributed by atoms with Gasteiger partial charge in [0.2, 0.25) is 0 Å². The quantitative estimate of drug-likeness (QED) is 0.280. The second-order valence-electron chi connectivity index (χ2n) is 6.40. The van der Waals surface area contributed by atoms with E-state index in [-0.39, 0.29) is 24.0 Å². The second-order valence-corrected chi connectivity index (χ2v) is 7.60. The number of aliphatic imine (C=N–C) groups is 1. The van der Waals surface area contributed by atoms with Crippen molar-refractivity contribution < 1.29 is 0 Å². The summed E-state index contributed by atoms with van der Waals surface area (Å²) in [6.45, 7) is 14.0. The summed E-state index contributed by atoms with van der Waals surface area (Å²) in [5.41, 5.74) is 2.58. The van der Waals surface area contributed by atoms with Crippen molar-refractivity contribution in [1.29, 1.82) is 0 Å². The Morgan fingerprint density at radius 3 is 2.50 bits per heavy atom. The first-order valence-corrected chi connectivity index (χ1v) is 10.8. The molecule has 0 aliphatic rings. The predicted octanol–water partition coefficient (Wildman–Crippen LogP) is 4.42. The van der Waals surface area contributed by atoms with Crippen LogP contribution < -0.4 is 10.6 Å². The van der Waals surface area contributed by atoms with Crippen molar-refractivity contribution in [3.8, 4) is 0 Å². The molecule has 28 heavy (non-hydrogen) atoms. The van der Waals surface area contributed by atoms with Crippen molar-refractivity contribution in [2.75, 3.05) is 19.6 Å². The fourth-order valence-corrected chi connectivity index (χ4v) is 3.60. The van der Waals surface area contributed by atoms with Crippen molar-refractivity contribution in [1.82, 2.24) is 20.5 Å². The van der Waals surface area contributed by atoms with Gasteiger partial charge in [-0.1, -0.05) is 45.0 Å². The van der Waals surface area contributed by atoms with E-state index >= 15 is 0 Å². The highest BCUT2D eigenvalue weighted by molar-refractivity contribution is 14.0. The third-order valence-electron chi connectivity index (χ3n) is 4.41. The summed E-state index contributed by atoms with van der Waals surface area (Å²) in [7, 11) is 0. The van der Waals surface area contributed by atoms with E-state index in [0.29, 0.717) is 13.1 Å². The van der Waals surface area contributed by atoms with Crippen LogP contribution >= 0.6 is 35.3 Å². The lowest BCUT2D eigenvalue weighted by molar-refractivity contribution is 0.296. The smallest absolute Gasteiger partial charge is 0.191 e. The molecule has 0 bridgehead atoms. The van der Waals surface area contributed by atoms with Crippen molar-refractivity contribution in [3.05, 3.63) is 51.5 Å². The normalized spacial score (nSPS) is 11.4. The van der Waals surface area contributed by atoms with Crippen LogP contribution in [0.2, 0.25) is 0 Å². The largest absolute Gasteiger partial charge is 0.357 e. The molecule has 0 fully saturated rings. The van der Waals surface area contributed by atoms with Gasteiger partial charge in [-0.05, 0) is 37.6 Å². The minimum Gasteiger partial charge on any atom is -0.357 e. The molecule has 0 atom stereocenters. The molecular formula is C21H34IN5S. The molecule has 0 aliphatic heterocycles. The maximum atomic E-state index is 4.74. The molecule has 0 spiro atoms. The van der Waals surface area contributed by atoms with Crippen molar-refractivity contribution in [2.24, 2.45) is 4.99 Å². The number of aryl methyl sites for hydroxylation is 1. The SMILES string of the molecule is CCNC(=NCc1cccc(CN(CC)CC)c1)NCc1ncc(CC)s1.I. The van der Waals surface area contributed by atoms with E-state index in [0.717, 1.165) is 43.6 Å². The van der Waals surface area contributed by atoms with Crippen LogP contribution in [0.3, 0.4) is 0 Å². The summed E-state index contributed by atoms with van der Waals surface area (Å²) in [5.74, 6) is 0.833. The van der Waals surface area contributed by atoms with Crippen LogP contribution in [0, 0.1) is 0 Å². The van der Waals surface area contributed by atoms with Crippen LogP contribution in [0.1, 0.15) is 48.7 Å². The Bertz CT molecular complexity index is 712. The molecule has 0 amide bonds. The standard InChI is InChI=1S/C21H33N5S.HI/c1-5-19-14-23-20(27-19)15-25-21(22-6-2)24-13-17-10-9-11-18(12-17)16-26(7-3)8-4;/h9-12,14H,5-8,13,15-16H2,1-4H3,(H2,22,24,25);1H. The predicted molar refractivity (Wildman–Crippen MR) is 132 cm³/mol. The van der Waals surface area contributed by atoms with Gasteiger partial charge in [0.15, 0.2) is 5.96 Å². The van der Waals surface area contributed by atoms with Crippen LogP contribution in [0.25, 0.3) is 0 Å². The van der Waals surface area contributed by atoms with E-state index in [1.54, 1.807) is 11.3 Å². The maximum Gasteiger partial charge on any atom is 0.191 e. The number of halogens is 1. The first-order valence-electron chi connectivity index (χ1n) is 9.94. The highest BCUT2D eigenvalue weighted by atomic mass is 127. The maximum absolute atomic E-state index is 4.74. The van der Waals surface area contributed by atoms with Gasteiger partial charge in [0.1, 0.15) is 5.01 Å². The van der Waals surface area contributed by atoms with Gasteiger partial charge in [0.25, 0.3) is 0 Å². The zero-order valence-corrected chi connectivity index (χ0v) is 20.6. The van der Waals surface area contributed by atoms with Crippen LogP contribution in [-0.4, -0.2) is 35.5 Å². The highest BCUT2D eigenvalue weighted by Gasteiger charge is 2.04. The lowest BCUT2D eigenvalue weighted by Gasteiger charge is -2.18. The molecule has 0 radical (unpaired) electrons. The molecule has 2 aromatic rings. The number of aromatic nitrogens is 1. The van der Waals surface area contributed by atoms with Gasteiger partial charge in [0.05, 0.1) is 13.1 Å². The molecule has 7 heteroatoms. The molecule has 5 nitrogen and oxygen atoms in total. The third kappa shape index (κ3) is 8.45. The number of hydrogen-bond donors (Lipinski definition) is 2. The number of guanidine groups is 1. The molecule has 2 N–H and O–H groups in total. The Morgan fingerprint density at radius 1 is 1.11 bits per heavy atom. The van der Waals surface area contributed by atoms with E-state index in [9.17, 15) is 0 Å². The van der Waals surface area contributed by atoms with Gasteiger partial charge >= 0.3 is 0 Å². The summed E-state index contributed by atoms with van der Waals surface area (Å²) in [6, 6.07) is 8.74. The van der Waals surface area contributed by atoms with Crippen molar-refractivity contribution >= 4 is 41.3 Å². The first-order chi connectivity index (χ1) is 13.2. The van der Waals surface area contributed by atoms with Gasteiger partial charge in [-0.15, -0.1) is 35.3 Å².